The maximum absolute atomic E-state index is 12.6. The van der Waals surface area contributed by atoms with Gasteiger partial charge in [-0.1, -0.05) is 35.3 Å². The zero-order valence-corrected chi connectivity index (χ0v) is 11.4. The Balaban J connectivity index is 2.59. The fourth-order valence-electron chi connectivity index (χ4n) is 1.88. The van der Waals surface area contributed by atoms with Crippen molar-refractivity contribution in [2.24, 2.45) is 0 Å². The molecule has 0 aliphatic carbocycles. The zero-order valence-electron chi connectivity index (χ0n) is 9.85. The van der Waals surface area contributed by atoms with E-state index in [2.05, 4.69) is 0 Å². The maximum Gasteiger partial charge on any atom is 0.416 e. The van der Waals surface area contributed by atoms with Gasteiger partial charge in [0.15, 0.2) is 0 Å². The summed E-state index contributed by atoms with van der Waals surface area (Å²) in [6.45, 7) is 1.60. The molecule has 0 aliphatic heterocycles. The predicted molar refractivity (Wildman–Crippen MR) is 71.6 cm³/mol. The summed E-state index contributed by atoms with van der Waals surface area (Å²) in [5.41, 5.74) is 0.947. The van der Waals surface area contributed by atoms with Crippen molar-refractivity contribution in [3.05, 3.63) is 57.6 Å². The second kappa shape index (κ2) is 5.06. The largest absolute Gasteiger partial charge is 0.416 e. The molecule has 0 amide bonds. The summed E-state index contributed by atoms with van der Waals surface area (Å²) < 4.78 is 37.8. The lowest BCUT2D eigenvalue weighted by molar-refractivity contribution is -0.137. The Bertz CT molecular complexity index is 598. The van der Waals surface area contributed by atoms with Gasteiger partial charge in [0.05, 0.1) is 5.56 Å². The molecule has 0 aromatic heterocycles. The van der Waals surface area contributed by atoms with Crippen LogP contribution in [0, 0.1) is 6.92 Å². The zero-order chi connectivity index (χ0) is 14.2. The average molecular weight is 305 g/mol. The van der Waals surface area contributed by atoms with Crippen molar-refractivity contribution in [3.63, 3.8) is 0 Å². The second-order valence-corrected chi connectivity index (χ2v) is 4.94. The van der Waals surface area contributed by atoms with E-state index in [-0.39, 0.29) is 0 Å². The number of aryl methyl sites for hydroxylation is 1. The standard InChI is InChI=1S/C14H9Cl2F3/c1-8-7-9(14(17,18)19)5-6-10(8)13-11(15)3-2-4-12(13)16/h2-7H,1H3. The average Bonchev–Trinajstić information content (AvgIpc) is 2.29. The Morgan fingerprint density at radius 2 is 1.53 bits per heavy atom. The first-order chi connectivity index (χ1) is 8.80. The van der Waals surface area contributed by atoms with E-state index < -0.39 is 11.7 Å². The van der Waals surface area contributed by atoms with Crippen LogP contribution in [0.5, 0.6) is 0 Å². The Morgan fingerprint density at radius 3 is 2.00 bits per heavy atom. The van der Waals surface area contributed by atoms with Crippen LogP contribution in [0.4, 0.5) is 13.2 Å². The molecule has 2 aromatic rings. The van der Waals surface area contributed by atoms with Crippen molar-refractivity contribution < 1.29 is 13.2 Å². The lowest BCUT2D eigenvalue weighted by Gasteiger charge is -2.13. The fraction of sp³-hybridized carbons (Fsp3) is 0.143. The summed E-state index contributed by atoms with van der Waals surface area (Å²) in [6, 6.07) is 8.51. The number of alkyl halides is 3. The molecule has 0 bridgehead atoms. The minimum absolute atomic E-state index is 0.412. The van der Waals surface area contributed by atoms with Crippen molar-refractivity contribution in [1.29, 1.82) is 0 Å². The van der Waals surface area contributed by atoms with Gasteiger partial charge in [0.25, 0.3) is 0 Å². The topological polar surface area (TPSA) is 0 Å². The van der Waals surface area contributed by atoms with E-state index >= 15 is 0 Å². The van der Waals surface area contributed by atoms with Crippen molar-refractivity contribution in [3.8, 4) is 11.1 Å². The summed E-state index contributed by atoms with van der Waals surface area (Å²) in [6.07, 6.45) is -4.35. The van der Waals surface area contributed by atoms with Crippen LogP contribution in [0.2, 0.25) is 10.0 Å². The molecule has 0 unspecified atom stereocenters. The molecule has 100 valence electrons. The minimum atomic E-state index is -4.35. The molecule has 0 radical (unpaired) electrons. The van der Waals surface area contributed by atoms with Crippen molar-refractivity contribution in [1.82, 2.24) is 0 Å². The molecule has 0 nitrogen and oxygen atoms in total. The summed E-state index contributed by atoms with van der Waals surface area (Å²) >= 11 is 12.1. The van der Waals surface area contributed by atoms with Crippen LogP contribution in [-0.2, 0) is 6.18 Å². The summed E-state index contributed by atoms with van der Waals surface area (Å²) in [4.78, 5) is 0. The van der Waals surface area contributed by atoms with Gasteiger partial charge in [0.1, 0.15) is 0 Å². The lowest BCUT2D eigenvalue weighted by Crippen LogP contribution is -2.05. The summed E-state index contributed by atoms with van der Waals surface area (Å²) in [7, 11) is 0. The van der Waals surface area contributed by atoms with Crippen molar-refractivity contribution in [2.45, 2.75) is 13.1 Å². The highest BCUT2D eigenvalue weighted by molar-refractivity contribution is 6.39. The molecule has 0 fully saturated rings. The molecular weight excluding hydrogens is 296 g/mol. The molecule has 0 heterocycles. The van der Waals surface area contributed by atoms with Gasteiger partial charge in [-0.2, -0.15) is 13.2 Å². The number of hydrogen-bond acceptors (Lipinski definition) is 0. The molecule has 0 atom stereocenters. The molecule has 0 N–H and O–H groups in total. The second-order valence-electron chi connectivity index (χ2n) is 4.12. The molecule has 0 aliphatic rings. The third-order valence-electron chi connectivity index (χ3n) is 2.79. The van der Waals surface area contributed by atoms with E-state index in [0.29, 0.717) is 26.7 Å². The van der Waals surface area contributed by atoms with Crippen LogP contribution in [0.1, 0.15) is 11.1 Å². The Labute approximate surface area is 118 Å². The van der Waals surface area contributed by atoms with E-state index in [1.807, 2.05) is 0 Å². The Hall–Kier alpha value is -1.19. The first-order valence-corrected chi connectivity index (χ1v) is 6.18. The molecule has 0 spiro atoms. The van der Waals surface area contributed by atoms with Gasteiger partial charge in [-0.05, 0) is 42.3 Å². The van der Waals surface area contributed by atoms with Crippen LogP contribution < -0.4 is 0 Å². The van der Waals surface area contributed by atoms with Gasteiger partial charge in [0, 0.05) is 15.6 Å². The van der Waals surface area contributed by atoms with Gasteiger partial charge < -0.3 is 0 Å². The maximum atomic E-state index is 12.6. The van der Waals surface area contributed by atoms with Gasteiger partial charge >= 0.3 is 6.18 Å². The van der Waals surface area contributed by atoms with E-state index in [9.17, 15) is 13.2 Å². The van der Waals surface area contributed by atoms with Gasteiger partial charge in [-0.15, -0.1) is 0 Å². The summed E-state index contributed by atoms with van der Waals surface area (Å²) in [5.74, 6) is 0. The summed E-state index contributed by atoms with van der Waals surface area (Å²) in [5, 5.41) is 0.825. The van der Waals surface area contributed by atoms with Crippen LogP contribution >= 0.6 is 23.2 Å². The van der Waals surface area contributed by atoms with Gasteiger partial charge in [-0.3, -0.25) is 0 Å². The lowest BCUT2D eigenvalue weighted by atomic mass is 9.98. The molecule has 19 heavy (non-hydrogen) atoms. The van der Waals surface area contributed by atoms with E-state index in [1.54, 1.807) is 25.1 Å². The number of hydrogen-bond donors (Lipinski definition) is 0. The molecule has 0 saturated carbocycles. The smallest absolute Gasteiger partial charge is 0.166 e. The Morgan fingerprint density at radius 1 is 0.947 bits per heavy atom. The van der Waals surface area contributed by atoms with Gasteiger partial charge in [-0.25, -0.2) is 0 Å². The van der Waals surface area contributed by atoms with E-state index in [4.69, 9.17) is 23.2 Å². The molecule has 2 rings (SSSR count). The van der Waals surface area contributed by atoms with Crippen molar-refractivity contribution in [2.75, 3.05) is 0 Å². The quantitative estimate of drug-likeness (QED) is 0.607. The highest BCUT2D eigenvalue weighted by Crippen LogP contribution is 2.38. The van der Waals surface area contributed by atoms with Crippen LogP contribution in [0.15, 0.2) is 36.4 Å². The molecule has 5 heteroatoms. The SMILES string of the molecule is Cc1cc(C(F)(F)F)ccc1-c1c(Cl)cccc1Cl. The third kappa shape index (κ3) is 2.88. The molecule has 0 saturated heterocycles. The van der Waals surface area contributed by atoms with E-state index in [0.717, 1.165) is 12.1 Å². The normalized spacial score (nSPS) is 11.7. The number of rotatable bonds is 1. The minimum Gasteiger partial charge on any atom is -0.166 e. The first-order valence-electron chi connectivity index (χ1n) is 5.43. The number of halogens is 5. The highest BCUT2D eigenvalue weighted by Gasteiger charge is 2.30. The van der Waals surface area contributed by atoms with E-state index in [1.165, 1.54) is 6.07 Å². The predicted octanol–water partition coefficient (Wildman–Crippen LogP) is 5.99. The van der Waals surface area contributed by atoms with Gasteiger partial charge in [0.2, 0.25) is 0 Å². The fourth-order valence-corrected chi connectivity index (χ4v) is 2.48. The van der Waals surface area contributed by atoms with Crippen LogP contribution in [-0.4, -0.2) is 0 Å². The highest BCUT2D eigenvalue weighted by atomic mass is 35.5. The Kier molecular flexibility index (Phi) is 3.79. The van der Waals surface area contributed by atoms with Crippen molar-refractivity contribution >= 4 is 23.2 Å². The monoisotopic (exact) mass is 304 g/mol. The third-order valence-corrected chi connectivity index (χ3v) is 3.42. The van der Waals surface area contributed by atoms with Crippen LogP contribution in [0.3, 0.4) is 0 Å². The first kappa shape index (κ1) is 14.2. The molecular formula is C14H9Cl2F3. The van der Waals surface area contributed by atoms with Crippen LogP contribution in [0.25, 0.3) is 11.1 Å². The number of benzene rings is 2. The molecule has 2 aromatic carbocycles.